The number of aryl methyl sites for hydroxylation is 1. The minimum atomic E-state index is 0.729. The fraction of sp³-hybridized carbons (Fsp3) is 0.455. The molecule has 0 aliphatic carbocycles. The second-order valence-corrected chi connectivity index (χ2v) is 3.52. The summed E-state index contributed by atoms with van der Waals surface area (Å²) in [6.07, 6.45) is 0. The predicted molar refractivity (Wildman–Crippen MR) is 60.5 cm³/mol. The molecule has 0 heterocycles. The molecule has 0 saturated carbocycles. The van der Waals surface area contributed by atoms with Crippen molar-refractivity contribution in [3.63, 3.8) is 0 Å². The molecule has 1 rings (SSSR count). The van der Waals surface area contributed by atoms with Crippen molar-refractivity contribution in [3.05, 3.63) is 35.9 Å². The van der Waals surface area contributed by atoms with Crippen molar-refractivity contribution < 1.29 is 0 Å². The van der Waals surface area contributed by atoms with Gasteiger partial charge in [-0.05, 0) is 21.0 Å². The van der Waals surface area contributed by atoms with Crippen LogP contribution in [0.15, 0.2) is 30.3 Å². The Morgan fingerprint density at radius 2 is 1.69 bits per heavy atom. The zero-order chi connectivity index (χ0) is 10.1. The molecule has 0 atom stereocenters. The zero-order valence-corrected chi connectivity index (χ0v) is 9.38. The maximum atomic E-state index is 5.35. The SMILES string of the molecule is CN(C)CCCl.Cc1ccccc1. The van der Waals surface area contributed by atoms with Gasteiger partial charge in [0.15, 0.2) is 0 Å². The van der Waals surface area contributed by atoms with E-state index in [2.05, 4.69) is 19.1 Å². The number of hydrogen-bond donors (Lipinski definition) is 0. The lowest BCUT2D eigenvalue weighted by Crippen LogP contribution is -2.13. The van der Waals surface area contributed by atoms with Crippen LogP contribution in [0.1, 0.15) is 5.56 Å². The fourth-order valence-electron chi connectivity index (χ4n) is 0.703. The van der Waals surface area contributed by atoms with Crippen LogP contribution in [0.5, 0.6) is 0 Å². The largest absolute Gasteiger partial charge is 0.308 e. The van der Waals surface area contributed by atoms with Gasteiger partial charge >= 0.3 is 0 Å². The van der Waals surface area contributed by atoms with E-state index in [0.29, 0.717) is 0 Å². The maximum Gasteiger partial charge on any atom is 0.0350 e. The molecule has 0 aliphatic rings. The molecule has 0 radical (unpaired) electrons. The Morgan fingerprint density at radius 1 is 1.15 bits per heavy atom. The van der Waals surface area contributed by atoms with Gasteiger partial charge in [-0.25, -0.2) is 0 Å². The van der Waals surface area contributed by atoms with E-state index in [1.165, 1.54) is 5.56 Å². The average Bonchev–Trinajstić information content (AvgIpc) is 2.06. The van der Waals surface area contributed by atoms with Crippen molar-refractivity contribution in [2.24, 2.45) is 0 Å². The molecule has 2 heteroatoms. The summed E-state index contributed by atoms with van der Waals surface area (Å²) in [5.74, 6) is 0.729. The molecule has 0 N–H and O–H groups in total. The summed E-state index contributed by atoms with van der Waals surface area (Å²) >= 11 is 5.35. The van der Waals surface area contributed by atoms with Gasteiger partial charge in [0.2, 0.25) is 0 Å². The number of nitrogens with zero attached hydrogens (tertiary/aromatic N) is 1. The van der Waals surface area contributed by atoms with E-state index in [1.54, 1.807) is 0 Å². The first kappa shape index (κ1) is 12.5. The van der Waals surface area contributed by atoms with Gasteiger partial charge in [-0.3, -0.25) is 0 Å². The number of rotatable bonds is 2. The second-order valence-electron chi connectivity index (χ2n) is 3.15. The Morgan fingerprint density at radius 3 is 1.85 bits per heavy atom. The number of halogens is 1. The number of benzene rings is 1. The molecule has 0 saturated heterocycles. The molecule has 1 nitrogen and oxygen atoms in total. The summed E-state index contributed by atoms with van der Waals surface area (Å²) in [5, 5.41) is 0. The second kappa shape index (κ2) is 8.09. The first-order chi connectivity index (χ1) is 6.16. The van der Waals surface area contributed by atoms with Gasteiger partial charge in [-0.1, -0.05) is 35.9 Å². The highest BCUT2D eigenvalue weighted by Gasteiger charge is 1.81. The quantitative estimate of drug-likeness (QED) is 0.663. The lowest BCUT2D eigenvalue weighted by molar-refractivity contribution is 0.436. The lowest BCUT2D eigenvalue weighted by Gasteiger charge is -2.02. The van der Waals surface area contributed by atoms with E-state index in [1.807, 2.05) is 37.2 Å². The minimum Gasteiger partial charge on any atom is -0.308 e. The van der Waals surface area contributed by atoms with Crippen molar-refractivity contribution >= 4 is 11.6 Å². The van der Waals surface area contributed by atoms with Gasteiger partial charge in [-0.2, -0.15) is 0 Å². The first-order valence-electron chi connectivity index (χ1n) is 4.39. The van der Waals surface area contributed by atoms with Crippen LogP contribution >= 0.6 is 11.6 Å². The van der Waals surface area contributed by atoms with Crippen LogP contribution in [0.2, 0.25) is 0 Å². The van der Waals surface area contributed by atoms with E-state index in [0.717, 1.165) is 12.4 Å². The van der Waals surface area contributed by atoms with Crippen LogP contribution < -0.4 is 0 Å². The summed E-state index contributed by atoms with van der Waals surface area (Å²) < 4.78 is 0. The Labute approximate surface area is 86.3 Å². The topological polar surface area (TPSA) is 3.24 Å². The van der Waals surface area contributed by atoms with Crippen molar-refractivity contribution in [2.45, 2.75) is 6.92 Å². The van der Waals surface area contributed by atoms with Gasteiger partial charge in [0.1, 0.15) is 0 Å². The van der Waals surface area contributed by atoms with Crippen LogP contribution in [0.3, 0.4) is 0 Å². The average molecular weight is 200 g/mol. The third-order valence-corrected chi connectivity index (χ3v) is 1.64. The number of hydrogen-bond acceptors (Lipinski definition) is 1. The van der Waals surface area contributed by atoms with Crippen molar-refractivity contribution in [1.29, 1.82) is 0 Å². The van der Waals surface area contributed by atoms with Gasteiger partial charge in [0.25, 0.3) is 0 Å². The highest BCUT2D eigenvalue weighted by Crippen LogP contribution is 1.92. The third kappa shape index (κ3) is 9.38. The van der Waals surface area contributed by atoms with Crippen molar-refractivity contribution in [2.75, 3.05) is 26.5 Å². The van der Waals surface area contributed by atoms with Crippen LogP contribution in [-0.4, -0.2) is 31.4 Å². The number of alkyl halides is 1. The van der Waals surface area contributed by atoms with Crippen LogP contribution in [0.4, 0.5) is 0 Å². The van der Waals surface area contributed by atoms with Crippen LogP contribution in [0.25, 0.3) is 0 Å². The van der Waals surface area contributed by atoms with E-state index < -0.39 is 0 Å². The van der Waals surface area contributed by atoms with E-state index in [-0.39, 0.29) is 0 Å². The predicted octanol–water partition coefficient (Wildman–Crippen LogP) is 2.78. The highest BCUT2D eigenvalue weighted by atomic mass is 35.5. The van der Waals surface area contributed by atoms with Gasteiger partial charge in [0, 0.05) is 12.4 Å². The normalized spacial score (nSPS) is 9.31. The Hall–Kier alpha value is -0.530. The van der Waals surface area contributed by atoms with E-state index in [9.17, 15) is 0 Å². The Bertz CT molecular complexity index is 197. The zero-order valence-electron chi connectivity index (χ0n) is 8.63. The van der Waals surface area contributed by atoms with Crippen molar-refractivity contribution in [3.8, 4) is 0 Å². The molecule has 13 heavy (non-hydrogen) atoms. The molecule has 0 spiro atoms. The molecule has 0 unspecified atom stereocenters. The van der Waals surface area contributed by atoms with E-state index in [4.69, 9.17) is 11.6 Å². The molecule has 0 aliphatic heterocycles. The summed E-state index contributed by atoms with van der Waals surface area (Å²) in [5.41, 5.74) is 1.32. The van der Waals surface area contributed by atoms with Crippen LogP contribution in [-0.2, 0) is 0 Å². The van der Waals surface area contributed by atoms with Gasteiger partial charge < -0.3 is 4.90 Å². The smallest absolute Gasteiger partial charge is 0.0350 e. The van der Waals surface area contributed by atoms with Gasteiger partial charge in [-0.15, -0.1) is 11.6 Å². The van der Waals surface area contributed by atoms with Gasteiger partial charge in [0.05, 0.1) is 0 Å². The fourth-order valence-corrected chi connectivity index (χ4v) is 1.04. The molecule has 0 aromatic heterocycles. The maximum absolute atomic E-state index is 5.35. The Kier molecular flexibility index (Phi) is 7.76. The molecule has 74 valence electrons. The van der Waals surface area contributed by atoms with Crippen molar-refractivity contribution in [1.82, 2.24) is 4.90 Å². The van der Waals surface area contributed by atoms with E-state index >= 15 is 0 Å². The first-order valence-corrected chi connectivity index (χ1v) is 4.92. The van der Waals surface area contributed by atoms with Crippen LogP contribution in [0, 0.1) is 6.92 Å². The molecular formula is C11H18ClN. The summed E-state index contributed by atoms with van der Waals surface area (Å²) in [6.45, 7) is 3.06. The molecular weight excluding hydrogens is 182 g/mol. The summed E-state index contributed by atoms with van der Waals surface area (Å²) in [7, 11) is 4.00. The Balaban J connectivity index is 0.000000226. The molecule has 0 bridgehead atoms. The molecule has 1 aromatic rings. The summed E-state index contributed by atoms with van der Waals surface area (Å²) in [4.78, 5) is 2.05. The molecule has 0 fully saturated rings. The minimum absolute atomic E-state index is 0.729. The standard InChI is InChI=1S/C7H8.C4H10ClN/c1-7-5-3-2-4-6-7;1-6(2)4-3-5/h2-6H,1H3;3-4H2,1-2H3. The lowest BCUT2D eigenvalue weighted by atomic mass is 10.2. The third-order valence-electron chi connectivity index (χ3n) is 1.47. The highest BCUT2D eigenvalue weighted by molar-refractivity contribution is 6.18. The monoisotopic (exact) mass is 199 g/mol. The molecule has 1 aromatic carbocycles. The molecule has 0 amide bonds. The summed E-state index contributed by atoms with van der Waals surface area (Å²) in [6, 6.07) is 10.3.